The van der Waals surface area contributed by atoms with E-state index in [2.05, 4.69) is 22.3 Å². The number of hydrogen-bond acceptors (Lipinski definition) is 4. The molecule has 6 nitrogen and oxygen atoms in total. The summed E-state index contributed by atoms with van der Waals surface area (Å²) < 4.78 is 1.97. The Labute approximate surface area is 123 Å². The van der Waals surface area contributed by atoms with Crippen LogP contribution < -0.4 is 5.73 Å². The number of aromatic nitrogens is 3. The third-order valence-corrected chi connectivity index (χ3v) is 3.85. The summed E-state index contributed by atoms with van der Waals surface area (Å²) in [6.07, 6.45) is 3.18. The summed E-state index contributed by atoms with van der Waals surface area (Å²) >= 11 is 0. The monoisotopic (exact) mass is 285 g/mol. The van der Waals surface area contributed by atoms with E-state index in [-0.39, 0.29) is 5.91 Å². The van der Waals surface area contributed by atoms with E-state index in [4.69, 9.17) is 5.73 Å². The fourth-order valence-corrected chi connectivity index (χ4v) is 2.58. The molecule has 0 radical (unpaired) electrons. The van der Waals surface area contributed by atoms with E-state index >= 15 is 0 Å². The van der Waals surface area contributed by atoms with Gasteiger partial charge in [0.2, 0.25) is 5.91 Å². The predicted molar refractivity (Wildman–Crippen MR) is 78.2 cm³/mol. The second-order valence-corrected chi connectivity index (χ2v) is 5.33. The van der Waals surface area contributed by atoms with Gasteiger partial charge in [0.1, 0.15) is 6.33 Å². The Balaban J connectivity index is 1.55. The van der Waals surface area contributed by atoms with Crippen molar-refractivity contribution >= 4 is 5.91 Å². The minimum atomic E-state index is -0.459. The molecule has 1 aliphatic rings. The first-order chi connectivity index (χ1) is 10.2. The van der Waals surface area contributed by atoms with Gasteiger partial charge in [0.05, 0.1) is 12.6 Å². The van der Waals surface area contributed by atoms with E-state index in [0.29, 0.717) is 19.5 Å². The van der Waals surface area contributed by atoms with Gasteiger partial charge < -0.3 is 15.2 Å². The second-order valence-electron chi connectivity index (χ2n) is 5.33. The predicted octanol–water partition coefficient (Wildman–Crippen LogP) is 0.580. The Kier molecular flexibility index (Phi) is 3.96. The van der Waals surface area contributed by atoms with Crippen molar-refractivity contribution in [2.24, 2.45) is 5.73 Å². The standard InChI is InChI=1S/C15H19N5O/c16-13(7-6-12-4-2-1-3-5-12)15(21)19-8-9-20-11-17-18-14(20)10-19/h1-5,11,13H,6-10,16H2. The average molecular weight is 285 g/mol. The third kappa shape index (κ3) is 3.11. The van der Waals surface area contributed by atoms with Crippen molar-refractivity contribution in [3.8, 4) is 0 Å². The van der Waals surface area contributed by atoms with Gasteiger partial charge in [0.15, 0.2) is 5.82 Å². The molecular weight excluding hydrogens is 266 g/mol. The maximum atomic E-state index is 12.4. The Hall–Kier alpha value is -2.21. The molecule has 0 saturated heterocycles. The lowest BCUT2D eigenvalue weighted by molar-refractivity contribution is -0.134. The van der Waals surface area contributed by atoms with Gasteiger partial charge in [-0.15, -0.1) is 10.2 Å². The van der Waals surface area contributed by atoms with Crippen LogP contribution in [0.3, 0.4) is 0 Å². The summed E-state index contributed by atoms with van der Waals surface area (Å²) in [7, 11) is 0. The van der Waals surface area contributed by atoms with Crippen LogP contribution in [0.15, 0.2) is 36.7 Å². The van der Waals surface area contributed by atoms with Crippen molar-refractivity contribution in [2.45, 2.75) is 32.0 Å². The van der Waals surface area contributed by atoms with Crippen LogP contribution >= 0.6 is 0 Å². The van der Waals surface area contributed by atoms with Gasteiger partial charge in [-0.1, -0.05) is 30.3 Å². The molecule has 1 aromatic carbocycles. The molecule has 2 heterocycles. The number of aryl methyl sites for hydroxylation is 1. The Morgan fingerprint density at radius 1 is 1.29 bits per heavy atom. The van der Waals surface area contributed by atoms with Gasteiger partial charge in [-0.25, -0.2) is 0 Å². The van der Waals surface area contributed by atoms with Crippen molar-refractivity contribution in [2.75, 3.05) is 6.54 Å². The lowest BCUT2D eigenvalue weighted by Crippen LogP contribution is -2.47. The summed E-state index contributed by atoms with van der Waals surface area (Å²) in [6, 6.07) is 9.64. The molecule has 1 amide bonds. The number of nitrogens with zero attached hydrogens (tertiary/aromatic N) is 4. The topological polar surface area (TPSA) is 77.0 Å². The third-order valence-electron chi connectivity index (χ3n) is 3.85. The molecule has 0 bridgehead atoms. The molecular formula is C15H19N5O. The van der Waals surface area contributed by atoms with Crippen molar-refractivity contribution in [3.63, 3.8) is 0 Å². The largest absolute Gasteiger partial charge is 0.332 e. The molecule has 0 aliphatic carbocycles. The lowest BCUT2D eigenvalue weighted by atomic mass is 10.0. The van der Waals surface area contributed by atoms with Crippen LogP contribution in [0.2, 0.25) is 0 Å². The summed E-state index contributed by atoms with van der Waals surface area (Å²) in [6.45, 7) is 1.90. The lowest BCUT2D eigenvalue weighted by Gasteiger charge is -2.29. The molecule has 1 atom stereocenters. The van der Waals surface area contributed by atoms with E-state index in [0.717, 1.165) is 18.8 Å². The highest BCUT2D eigenvalue weighted by Crippen LogP contribution is 2.12. The second kappa shape index (κ2) is 6.05. The van der Waals surface area contributed by atoms with Gasteiger partial charge in [-0.3, -0.25) is 4.79 Å². The highest BCUT2D eigenvalue weighted by atomic mass is 16.2. The quantitative estimate of drug-likeness (QED) is 0.891. The van der Waals surface area contributed by atoms with E-state index in [9.17, 15) is 4.79 Å². The van der Waals surface area contributed by atoms with Crippen LogP contribution in [0, 0.1) is 0 Å². The van der Waals surface area contributed by atoms with Crippen molar-refractivity contribution in [1.82, 2.24) is 19.7 Å². The maximum Gasteiger partial charge on any atom is 0.239 e. The van der Waals surface area contributed by atoms with Crippen LogP contribution in [-0.2, 0) is 24.3 Å². The van der Waals surface area contributed by atoms with Gasteiger partial charge in [-0.2, -0.15) is 0 Å². The van der Waals surface area contributed by atoms with Crippen LogP contribution in [0.25, 0.3) is 0 Å². The SMILES string of the molecule is NC(CCc1ccccc1)C(=O)N1CCn2cnnc2C1. The average Bonchev–Trinajstić information content (AvgIpc) is 3.00. The number of amides is 1. The van der Waals surface area contributed by atoms with Crippen molar-refractivity contribution in [3.05, 3.63) is 48.0 Å². The molecule has 0 fully saturated rings. The van der Waals surface area contributed by atoms with Gasteiger partial charge in [-0.05, 0) is 18.4 Å². The molecule has 3 rings (SSSR count). The minimum absolute atomic E-state index is 0.000168. The number of nitrogens with two attached hydrogens (primary N) is 1. The van der Waals surface area contributed by atoms with Crippen LogP contribution in [-0.4, -0.2) is 38.2 Å². The molecule has 0 spiro atoms. The maximum absolute atomic E-state index is 12.4. The molecule has 1 aliphatic heterocycles. The minimum Gasteiger partial charge on any atom is -0.332 e. The molecule has 0 saturated carbocycles. The van der Waals surface area contributed by atoms with E-state index in [1.54, 1.807) is 11.2 Å². The van der Waals surface area contributed by atoms with Gasteiger partial charge >= 0.3 is 0 Å². The number of rotatable bonds is 4. The van der Waals surface area contributed by atoms with Crippen molar-refractivity contribution < 1.29 is 4.79 Å². The van der Waals surface area contributed by atoms with E-state index in [1.807, 2.05) is 22.8 Å². The number of carbonyl (C=O) groups is 1. The number of hydrogen-bond donors (Lipinski definition) is 1. The molecule has 2 N–H and O–H groups in total. The first kappa shape index (κ1) is 13.8. The molecule has 1 unspecified atom stereocenters. The summed E-state index contributed by atoms with van der Waals surface area (Å²) in [5.74, 6) is 0.824. The van der Waals surface area contributed by atoms with Crippen LogP contribution in [0.5, 0.6) is 0 Å². The zero-order valence-corrected chi connectivity index (χ0v) is 11.9. The molecule has 2 aromatic rings. The number of benzene rings is 1. The summed E-state index contributed by atoms with van der Waals surface area (Å²) in [4.78, 5) is 14.2. The smallest absolute Gasteiger partial charge is 0.239 e. The van der Waals surface area contributed by atoms with E-state index < -0.39 is 6.04 Å². The molecule has 110 valence electrons. The van der Waals surface area contributed by atoms with Crippen molar-refractivity contribution in [1.29, 1.82) is 0 Å². The van der Waals surface area contributed by atoms with Crippen LogP contribution in [0.1, 0.15) is 17.8 Å². The summed E-state index contributed by atoms with van der Waals surface area (Å²) in [5, 5.41) is 7.88. The first-order valence-electron chi connectivity index (χ1n) is 7.19. The Bertz CT molecular complexity index is 610. The highest BCUT2D eigenvalue weighted by Gasteiger charge is 2.25. The normalized spacial score (nSPS) is 15.6. The number of carbonyl (C=O) groups excluding carboxylic acids is 1. The number of fused-ring (bicyclic) bond motifs is 1. The highest BCUT2D eigenvalue weighted by molar-refractivity contribution is 5.81. The first-order valence-corrected chi connectivity index (χ1v) is 7.19. The van der Waals surface area contributed by atoms with Gasteiger partial charge in [0, 0.05) is 13.1 Å². The Morgan fingerprint density at radius 3 is 2.90 bits per heavy atom. The zero-order valence-electron chi connectivity index (χ0n) is 11.9. The fourth-order valence-electron chi connectivity index (χ4n) is 2.58. The van der Waals surface area contributed by atoms with Crippen LogP contribution in [0.4, 0.5) is 0 Å². The zero-order chi connectivity index (χ0) is 14.7. The molecule has 21 heavy (non-hydrogen) atoms. The Morgan fingerprint density at radius 2 is 2.10 bits per heavy atom. The molecule has 6 heteroatoms. The summed E-state index contributed by atoms with van der Waals surface area (Å²) in [5.41, 5.74) is 7.26. The molecule has 1 aromatic heterocycles. The fraction of sp³-hybridized carbons (Fsp3) is 0.400. The van der Waals surface area contributed by atoms with E-state index in [1.165, 1.54) is 5.56 Å². The van der Waals surface area contributed by atoms with Gasteiger partial charge in [0.25, 0.3) is 0 Å².